The molecule has 2 aliphatic heterocycles. The fraction of sp³-hybridized carbons (Fsp3) is 0.450. The Morgan fingerprint density at radius 1 is 1.13 bits per heavy atom. The van der Waals surface area contributed by atoms with Gasteiger partial charge in [0, 0.05) is 43.3 Å². The predicted molar refractivity (Wildman–Crippen MR) is 116 cm³/mol. The lowest BCUT2D eigenvalue weighted by atomic mass is 10.0. The van der Waals surface area contributed by atoms with Crippen LogP contribution in [0.15, 0.2) is 35.6 Å². The van der Waals surface area contributed by atoms with Gasteiger partial charge in [0.25, 0.3) is 0 Å². The van der Waals surface area contributed by atoms with Crippen molar-refractivity contribution < 1.29 is 8.42 Å². The molecule has 158 valence electrons. The van der Waals surface area contributed by atoms with Crippen LogP contribution in [-0.4, -0.2) is 59.9 Å². The Hall–Kier alpha value is -2.72. The fourth-order valence-electron chi connectivity index (χ4n) is 4.12. The van der Waals surface area contributed by atoms with Crippen molar-refractivity contribution in [2.75, 3.05) is 42.1 Å². The maximum Gasteiger partial charge on any atom is 0.230 e. The van der Waals surface area contributed by atoms with E-state index in [0.717, 1.165) is 37.3 Å². The Labute approximate surface area is 175 Å². The molecule has 0 unspecified atom stereocenters. The van der Waals surface area contributed by atoms with E-state index in [1.165, 1.54) is 0 Å². The first kappa shape index (κ1) is 19.3. The lowest BCUT2D eigenvalue weighted by Gasteiger charge is -2.33. The van der Waals surface area contributed by atoms with E-state index in [1.807, 2.05) is 36.7 Å². The summed E-state index contributed by atoms with van der Waals surface area (Å²) >= 11 is 0. The zero-order valence-electron chi connectivity index (χ0n) is 17.1. The minimum Gasteiger partial charge on any atom is -0.368 e. The van der Waals surface area contributed by atoms with Crippen LogP contribution < -0.4 is 15.5 Å². The number of nitrogens with one attached hydrogen (secondary N) is 2. The molecule has 0 bridgehead atoms. The molecule has 30 heavy (non-hydrogen) atoms. The molecule has 1 saturated heterocycles. The van der Waals surface area contributed by atoms with E-state index in [4.69, 9.17) is 0 Å². The zero-order chi connectivity index (χ0) is 20.9. The van der Waals surface area contributed by atoms with Crippen molar-refractivity contribution in [3.63, 3.8) is 0 Å². The predicted octanol–water partition coefficient (Wildman–Crippen LogP) is 1.89. The first-order valence-corrected chi connectivity index (χ1v) is 11.8. The van der Waals surface area contributed by atoms with E-state index in [2.05, 4.69) is 30.5 Å². The van der Waals surface area contributed by atoms with Crippen LogP contribution in [-0.2, 0) is 15.4 Å². The van der Waals surface area contributed by atoms with E-state index in [9.17, 15) is 8.42 Å². The summed E-state index contributed by atoms with van der Waals surface area (Å²) in [6.07, 6.45) is 4.06. The fourth-order valence-corrected chi connectivity index (χ4v) is 6.02. The number of rotatable bonds is 3. The van der Waals surface area contributed by atoms with Crippen LogP contribution in [0.2, 0.25) is 0 Å². The van der Waals surface area contributed by atoms with E-state index in [1.54, 1.807) is 12.3 Å². The lowest BCUT2D eigenvalue weighted by Crippen LogP contribution is -2.43. The van der Waals surface area contributed by atoms with Crippen LogP contribution in [0.3, 0.4) is 0 Å². The molecule has 0 saturated carbocycles. The molecule has 5 rings (SSSR count). The molecule has 9 nitrogen and oxygen atoms in total. The van der Waals surface area contributed by atoms with E-state index in [0.29, 0.717) is 28.9 Å². The first-order chi connectivity index (χ1) is 14.3. The van der Waals surface area contributed by atoms with E-state index >= 15 is 0 Å². The second-order valence-corrected chi connectivity index (χ2v) is 10.5. The van der Waals surface area contributed by atoms with Crippen molar-refractivity contribution in [1.82, 2.24) is 24.8 Å². The van der Waals surface area contributed by atoms with Crippen molar-refractivity contribution in [3.8, 4) is 0 Å². The largest absolute Gasteiger partial charge is 0.368 e. The summed E-state index contributed by atoms with van der Waals surface area (Å²) in [5, 5.41) is 7.52. The number of sulfone groups is 1. The second-order valence-electron chi connectivity index (χ2n) is 8.44. The van der Waals surface area contributed by atoms with E-state index < -0.39 is 9.84 Å². The Balaban J connectivity index is 1.46. The molecular weight excluding hydrogens is 402 g/mol. The van der Waals surface area contributed by atoms with Crippen molar-refractivity contribution in [2.24, 2.45) is 0 Å². The molecule has 2 N–H and O–H groups in total. The van der Waals surface area contributed by atoms with Crippen molar-refractivity contribution in [1.29, 1.82) is 0 Å². The smallest absolute Gasteiger partial charge is 0.230 e. The monoisotopic (exact) mass is 427 g/mol. The summed E-state index contributed by atoms with van der Waals surface area (Å²) in [5.41, 5.74) is 1.37. The highest BCUT2D eigenvalue weighted by Crippen LogP contribution is 2.37. The zero-order valence-corrected chi connectivity index (χ0v) is 17.9. The van der Waals surface area contributed by atoms with Gasteiger partial charge in [-0.3, -0.25) is 0 Å². The molecular formula is C20H25N7O2S. The first-order valence-electron chi connectivity index (χ1n) is 10.1. The topological polar surface area (TPSA) is 105 Å². The summed E-state index contributed by atoms with van der Waals surface area (Å²) in [6.45, 7) is 7.95. The highest BCUT2D eigenvalue weighted by molar-refractivity contribution is 7.91. The number of hydrogen-bond donors (Lipinski definition) is 2. The molecule has 2 aliphatic rings. The SMILES string of the molecule is CC1(C)CCS(=O)(=O)c2cc3cnc(Nc4ccc(N5CCNCC5)cn4)nc3n21. The Bertz CT molecular complexity index is 1200. The average molecular weight is 428 g/mol. The normalized spacial score (nSPS) is 20.1. The average Bonchev–Trinajstić information content (AvgIpc) is 3.14. The van der Waals surface area contributed by atoms with Gasteiger partial charge in [-0.1, -0.05) is 0 Å². The summed E-state index contributed by atoms with van der Waals surface area (Å²) in [4.78, 5) is 15.8. The minimum atomic E-state index is -3.31. The van der Waals surface area contributed by atoms with E-state index in [-0.39, 0.29) is 11.3 Å². The van der Waals surface area contributed by atoms with Gasteiger partial charge < -0.3 is 20.1 Å². The van der Waals surface area contributed by atoms with Gasteiger partial charge >= 0.3 is 0 Å². The number of fused-ring (bicyclic) bond motifs is 3. The highest BCUT2D eigenvalue weighted by Gasteiger charge is 2.37. The molecule has 10 heteroatoms. The number of aromatic nitrogens is 4. The standard InChI is InChI=1S/C20H25N7O2S/c1-20(2)5-10-30(28,29)17-11-14-12-23-19(25-18(14)27(17)20)24-16-4-3-15(13-22-16)26-8-6-21-7-9-26/h3-4,11-13,21H,5-10H2,1-2H3,(H,22,23,24,25). The number of pyridine rings is 1. The maximum atomic E-state index is 12.6. The summed E-state index contributed by atoms with van der Waals surface area (Å²) in [6, 6.07) is 5.62. The molecule has 0 radical (unpaired) electrons. The molecule has 0 amide bonds. The van der Waals surface area contributed by atoms with Crippen LogP contribution >= 0.6 is 0 Å². The van der Waals surface area contributed by atoms with Crippen LogP contribution in [0, 0.1) is 0 Å². The van der Waals surface area contributed by atoms with Gasteiger partial charge in [-0.05, 0) is 38.5 Å². The van der Waals surface area contributed by atoms with Gasteiger partial charge in [0.2, 0.25) is 5.95 Å². The third-order valence-corrected chi connectivity index (χ3v) is 7.56. The number of nitrogens with zero attached hydrogens (tertiary/aromatic N) is 5. The van der Waals surface area contributed by atoms with Crippen LogP contribution in [0.4, 0.5) is 17.5 Å². The molecule has 0 spiro atoms. The van der Waals surface area contributed by atoms with Gasteiger partial charge in [-0.25, -0.2) is 18.4 Å². The lowest BCUT2D eigenvalue weighted by molar-refractivity contribution is 0.315. The molecule has 0 atom stereocenters. The Morgan fingerprint density at radius 3 is 2.67 bits per heavy atom. The van der Waals surface area contributed by atoms with Crippen LogP contribution in [0.5, 0.6) is 0 Å². The summed E-state index contributed by atoms with van der Waals surface area (Å²) in [7, 11) is -3.31. The van der Waals surface area contributed by atoms with Gasteiger partial charge in [-0.2, -0.15) is 4.98 Å². The molecule has 0 aliphatic carbocycles. The van der Waals surface area contributed by atoms with Crippen LogP contribution in [0.1, 0.15) is 20.3 Å². The second kappa shape index (κ2) is 6.92. The maximum absolute atomic E-state index is 12.6. The third-order valence-electron chi connectivity index (χ3n) is 5.88. The number of piperazine rings is 1. The molecule has 1 fully saturated rings. The molecule has 5 heterocycles. The van der Waals surface area contributed by atoms with Crippen molar-refractivity contribution >= 4 is 38.3 Å². The van der Waals surface area contributed by atoms with Gasteiger partial charge in [0.05, 0.1) is 17.6 Å². The van der Waals surface area contributed by atoms with Gasteiger partial charge in [0.1, 0.15) is 16.5 Å². The number of hydrogen-bond acceptors (Lipinski definition) is 8. The van der Waals surface area contributed by atoms with Crippen molar-refractivity contribution in [2.45, 2.75) is 30.8 Å². The van der Waals surface area contributed by atoms with Gasteiger partial charge in [0.15, 0.2) is 9.84 Å². The Kier molecular flexibility index (Phi) is 4.44. The minimum absolute atomic E-state index is 0.151. The number of anilines is 3. The third kappa shape index (κ3) is 3.29. The van der Waals surface area contributed by atoms with Crippen LogP contribution in [0.25, 0.3) is 11.0 Å². The van der Waals surface area contributed by atoms with Crippen molar-refractivity contribution in [3.05, 3.63) is 30.6 Å². The highest BCUT2D eigenvalue weighted by atomic mass is 32.2. The molecule has 3 aromatic heterocycles. The molecule has 0 aromatic carbocycles. The Morgan fingerprint density at radius 2 is 1.93 bits per heavy atom. The molecule has 3 aromatic rings. The van der Waals surface area contributed by atoms with Gasteiger partial charge in [-0.15, -0.1) is 0 Å². The summed E-state index contributed by atoms with van der Waals surface area (Å²) < 4.78 is 27.0. The summed E-state index contributed by atoms with van der Waals surface area (Å²) in [5.74, 6) is 1.19. The quantitative estimate of drug-likeness (QED) is 0.653.